The smallest absolute Gasteiger partial charge is 0.484 e. The van der Waals surface area contributed by atoms with Crippen molar-refractivity contribution in [2.24, 2.45) is 22.6 Å². The molecule has 1 fully saturated rings. The van der Waals surface area contributed by atoms with Crippen molar-refractivity contribution in [3.8, 4) is 5.75 Å². The molecule has 2 amide bonds. The molecule has 6 atom stereocenters. The summed E-state index contributed by atoms with van der Waals surface area (Å²) < 4.78 is 52.1. The Morgan fingerprint density at radius 1 is 1.20 bits per heavy atom. The van der Waals surface area contributed by atoms with E-state index >= 15 is 0 Å². The summed E-state index contributed by atoms with van der Waals surface area (Å²) >= 11 is 0. The standard InChI is InChI=1S/C29H36FN5O4.C2HF3O2/c1-6-28(4)13-22(36)35(26(31)34-28)23(16-11-17(30)15-32-14-16)19-12-20(19)25(37)33-24-18-9-7-8-10-21(18)39-27(2,3)29(24,5)38;3-2(4,5)1(6)7/h7-11,14-15,19-20,23-24,38H,6,12-13H2,1-5H3,(H2,31,34)(H,33,37);(H,6,7)/t19-,20-,23?,24?,28-,29?;/m1./s1. The highest BCUT2D eigenvalue weighted by Crippen LogP contribution is 2.52. The zero-order chi connectivity index (χ0) is 34.4. The van der Waals surface area contributed by atoms with Crippen molar-refractivity contribution < 1.29 is 46.9 Å². The van der Waals surface area contributed by atoms with Crippen molar-refractivity contribution in [3.05, 3.63) is 59.7 Å². The summed E-state index contributed by atoms with van der Waals surface area (Å²) in [5, 5.41) is 21.7. The first-order valence-corrected chi connectivity index (χ1v) is 14.6. The maximum atomic E-state index is 14.3. The van der Waals surface area contributed by atoms with Gasteiger partial charge in [0.15, 0.2) is 5.96 Å². The van der Waals surface area contributed by atoms with Crippen molar-refractivity contribution in [2.75, 3.05) is 0 Å². The molecule has 0 bridgehead atoms. The number of carboxylic acid groups (broad SMARTS) is 1. The van der Waals surface area contributed by atoms with E-state index in [4.69, 9.17) is 20.4 Å². The van der Waals surface area contributed by atoms with Gasteiger partial charge in [0.05, 0.1) is 30.2 Å². The Morgan fingerprint density at radius 2 is 1.83 bits per heavy atom. The summed E-state index contributed by atoms with van der Waals surface area (Å²) in [5.74, 6) is -3.99. The molecule has 1 aromatic carbocycles. The second-order valence-electron chi connectivity index (χ2n) is 12.7. The zero-order valence-corrected chi connectivity index (χ0v) is 25.9. The predicted octanol–water partition coefficient (Wildman–Crippen LogP) is 4.03. The molecule has 2 aromatic rings. The number of rotatable bonds is 6. The Hall–Kier alpha value is -4.27. The quantitative estimate of drug-likeness (QED) is 0.340. The number of nitrogens with one attached hydrogen (secondary N) is 1. The van der Waals surface area contributed by atoms with Crippen molar-refractivity contribution in [2.45, 2.75) is 88.9 Å². The van der Waals surface area contributed by atoms with Gasteiger partial charge in [-0.15, -0.1) is 0 Å². The average molecular weight is 652 g/mol. The summed E-state index contributed by atoms with van der Waals surface area (Å²) in [6.45, 7) is 9.03. The van der Waals surface area contributed by atoms with E-state index in [2.05, 4.69) is 15.3 Å². The molecule has 1 aliphatic carbocycles. The molecule has 3 heterocycles. The third kappa shape index (κ3) is 6.78. The van der Waals surface area contributed by atoms with Gasteiger partial charge in [-0.3, -0.25) is 19.5 Å². The summed E-state index contributed by atoms with van der Waals surface area (Å²) in [6.07, 6.45) is -1.25. The van der Waals surface area contributed by atoms with Crippen LogP contribution in [0.3, 0.4) is 0 Å². The van der Waals surface area contributed by atoms with Crippen LogP contribution in [0, 0.1) is 17.7 Å². The monoisotopic (exact) mass is 651 g/mol. The summed E-state index contributed by atoms with van der Waals surface area (Å²) in [6, 6.07) is 7.19. The highest BCUT2D eigenvalue weighted by Gasteiger charge is 2.57. The first kappa shape index (κ1) is 34.6. The number of nitrogens with two attached hydrogens (primary N) is 1. The van der Waals surface area contributed by atoms with Crippen LogP contribution in [0.4, 0.5) is 17.6 Å². The number of hydrogen-bond donors (Lipinski definition) is 4. The average Bonchev–Trinajstić information content (AvgIpc) is 3.73. The number of guanidine groups is 1. The minimum absolute atomic E-state index is 0.0546. The van der Waals surface area contributed by atoms with Crippen molar-refractivity contribution >= 4 is 23.7 Å². The number of aromatic nitrogens is 1. The van der Waals surface area contributed by atoms with Gasteiger partial charge >= 0.3 is 12.1 Å². The Bertz CT molecular complexity index is 1550. The Kier molecular flexibility index (Phi) is 9.14. The first-order chi connectivity index (χ1) is 21.2. The SMILES string of the molecule is CC[C@]1(C)CC(=O)N(C(c2cncc(F)c2)[C@@H]2C[C@H]2C(=O)NC2c3ccccc3OC(C)(C)C2(C)O)C(N)=N1.O=C(O)C(F)(F)F. The van der Waals surface area contributed by atoms with Gasteiger partial charge in [0.2, 0.25) is 11.8 Å². The molecule has 5 N–H and O–H groups in total. The second kappa shape index (κ2) is 12.2. The minimum Gasteiger partial charge on any atom is -0.484 e. The molecule has 0 saturated heterocycles. The molecule has 2 aliphatic heterocycles. The Labute approximate surface area is 262 Å². The van der Waals surface area contributed by atoms with Gasteiger partial charge in [0.25, 0.3) is 0 Å². The van der Waals surface area contributed by atoms with Crippen molar-refractivity contribution in [3.63, 3.8) is 0 Å². The third-order valence-electron chi connectivity index (χ3n) is 9.03. The molecule has 1 saturated carbocycles. The van der Waals surface area contributed by atoms with E-state index in [0.717, 1.165) is 6.20 Å². The first-order valence-electron chi connectivity index (χ1n) is 14.6. The topological polar surface area (TPSA) is 167 Å². The number of alkyl halides is 3. The van der Waals surface area contributed by atoms with Crippen LogP contribution in [0.5, 0.6) is 5.75 Å². The predicted molar refractivity (Wildman–Crippen MR) is 157 cm³/mol. The molecule has 1 aromatic heterocycles. The third-order valence-corrected chi connectivity index (χ3v) is 9.03. The van der Waals surface area contributed by atoms with Crippen LogP contribution < -0.4 is 15.8 Å². The molecule has 3 unspecified atom stereocenters. The van der Waals surface area contributed by atoms with Crippen LogP contribution in [0.15, 0.2) is 47.7 Å². The van der Waals surface area contributed by atoms with E-state index in [1.807, 2.05) is 38.1 Å². The number of pyridine rings is 1. The highest BCUT2D eigenvalue weighted by atomic mass is 19.4. The minimum atomic E-state index is -5.08. The largest absolute Gasteiger partial charge is 0.490 e. The fourth-order valence-electron chi connectivity index (χ4n) is 5.76. The Balaban J connectivity index is 0.000000617. The van der Waals surface area contributed by atoms with Gasteiger partial charge in [0, 0.05) is 17.7 Å². The molecule has 0 spiro atoms. The zero-order valence-electron chi connectivity index (χ0n) is 25.9. The highest BCUT2D eigenvalue weighted by molar-refractivity contribution is 5.99. The number of carboxylic acids is 1. The molecule has 11 nitrogen and oxygen atoms in total. The van der Waals surface area contributed by atoms with E-state index in [-0.39, 0.29) is 30.1 Å². The lowest BCUT2D eigenvalue weighted by Crippen LogP contribution is -2.62. The fraction of sp³-hybridized carbons (Fsp3) is 0.516. The summed E-state index contributed by atoms with van der Waals surface area (Å²) in [7, 11) is 0. The number of benzene rings is 1. The van der Waals surface area contributed by atoms with Gasteiger partial charge in [0.1, 0.15) is 22.8 Å². The summed E-state index contributed by atoms with van der Waals surface area (Å²) in [5.41, 5.74) is 4.47. The lowest BCUT2D eigenvalue weighted by Gasteiger charge is -2.49. The number of amides is 2. The fourth-order valence-corrected chi connectivity index (χ4v) is 5.76. The number of carbonyl (C=O) groups is 3. The molecule has 250 valence electrons. The number of aliphatic carboxylic acids is 1. The summed E-state index contributed by atoms with van der Waals surface area (Å²) in [4.78, 5) is 46.0. The van der Waals surface area contributed by atoms with Gasteiger partial charge < -0.3 is 26.0 Å². The van der Waals surface area contributed by atoms with Gasteiger partial charge in [-0.05, 0) is 64.2 Å². The number of para-hydroxylation sites is 1. The van der Waals surface area contributed by atoms with Gasteiger partial charge in [-0.1, -0.05) is 25.1 Å². The van der Waals surface area contributed by atoms with E-state index in [1.165, 1.54) is 17.2 Å². The van der Waals surface area contributed by atoms with Crippen molar-refractivity contribution in [1.82, 2.24) is 15.2 Å². The van der Waals surface area contributed by atoms with E-state index in [1.54, 1.807) is 20.8 Å². The van der Waals surface area contributed by atoms with Gasteiger partial charge in [-0.25, -0.2) is 14.2 Å². The number of fused-ring (bicyclic) bond motifs is 1. The lowest BCUT2D eigenvalue weighted by atomic mass is 9.75. The van der Waals surface area contributed by atoms with Crippen molar-refractivity contribution in [1.29, 1.82) is 0 Å². The lowest BCUT2D eigenvalue weighted by molar-refractivity contribution is -0.192. The second-order valence-corrected chi connectivity index (χ2v) is 12.7. The molecular formula is C31H37F4N5O6. The molecular weight excluding hydrogens is 614 g/mol. The molecule has 15 heteroatoms. The maximum absolute atomic E-state index is 14.3. The van der Waals surface area contributed by atoms with Crippen LogP contribution in [-0.2, 0) is 14.4 Å². The number of aliphatic hydroxyl groups is 1. The van der Waals surface area contributed by atoms with Crippen LogP contribution in [-0.4, -0.2) is 66.8 Å². The van der Waals surface area contributed by atoms with E-state index in [0.29, 0.717) is 29.7 Å². The number of nitrogens with zero attached hydrogens (tertiary/aromatic N) is 3. The number of halogens is 4. The van der Waals surface area contributed by atoms with Crippen LogP contribution in [0.1, 0.15) is 77.1 Å². The van der Waals surface area contributed by atoms with Crippen LogP contribution in [0.25, 0.3) is 0 Å². The van der Waals surface area contributed by atoms with Crippen LogP contribution >= 0.6 is 0 Å². The van der Waals surface area contributed by atoms with E-state index in [9.17, 15) is 32.3 Å². The molecule has 3 aliphatic rings. The molecule has 46 heavy (non-hydrogen) atoms. The number of ether oxygens (including phenoxy) is 1. The molecule has 5 rings (SSSR count). The number of carbonyl (C=O) groups excluding carboxylic acids is 2. The number of aliphatic imine (C=N–C) groups is 1. The molecule has 0 radical (unpaired) electrons. The van der Waals surface area contributed by atoms with Crippen LogP contribution in [0.2, 0.25) is 0 Å². The number of hydrogen-bond acceptors (Lipinski definition) is 8. The Morgan fingerprint density at radius 3 is 2.39 bits per heavy atom. The normalized spacial score (nSPS) is 28.8. The van der Waals surface area contributed by atoms with Gasteiger partial charge in [-0.2, -0.15) is 13.2 Å². The maximum Gasteiger partial charge on any atom is 0.490 e. The van der Waals surface area contributed by atoms with E-state index < -0.39 is 52.7 Å².